The van der Waals surface area contributed by atoms with Crippen molar-refractivity contribution in [3.8, 4) is 0 Å². The van der Waals surface area contributed by atoms with E-state index in [9.17, 15) is 4.79 Å². The Bertz CT molecular complexity index is 921. The van der Waals surface area contributed by atoms with Crippen LogP contribution in [0.25, 0.3) is 22.1 Å². The molecular formula is C15H14BrN5OS. The number of aromatic nitrogens is 4. The number of fused-ring (bicyclic) bond motifs is 3. The Morgan fingerprint density at radius 1 is 1.43 bits per heavy atom. The van der Waals surface area contributed by atoms with E-state index in [1.807, 2.05) is 29.8 Å². The van der Waals surface area contributed by atoms with Crippen LogP contribution in [0.5, 0.6) is 0 Å². The van der Waals surface area contributed by atoms with Crippen LogP contribution >= 0.6 is 27.7 Å². The van der Waals surface area contributed by atoms with E-state index in [0.717, 1.165) is 39.4 Å². The third-order valence-electron chi connectivity index (χ3n) is 3.82. The van der Waals surface area contributed by atoms with Gasteiger partial charge in [0.15, 0.2) is 5.65 Å². The van der Waals surface area contributed by atoms with Crippen molar-refractivity contribution >= 4 is 55.7 Å². The second-order valence-corrected chi connectivity index (χ2v) is 7.48. The second-order valence-electron chi connectivity index (χ2n) is 5.62. The highest BCUT2D eigenvalue weighted by Gasteiger charge is 2.23. The molecule has 0 unspecified atom stereocenters. The molecule has 3 aromatic rings. The lowest BCUT2D eigenvalue weighted by Crippen LogP contribution is -2.27. The molecule has 4 rings (SSSR count). The van der Waals surface area contributed by atoms with Crippen LogP contribution in [0.2, 0.25) is 0 Å². The number of amides is 1. The lowest BCUT2D eigenvalue weighted by Gasteiger charge is -2.02. The summed E-state index contributed by atoms with van der Waals surface area (Å²) in [4.78, 5) is 16.3. The molecule has 1 aliphatic rings. The van der Waals surface area contributed by atoms with Gasteiger partial charge in [-0.1, -0.05) is 27.7 Å². The molecule has 0 atom stereocenters. The van der Waals surface area contributed by atoms with Crippen LogP contribution in [0.15, 0.2) is 27.8 Å². The van der Waals surface area contributed by atoms with Crippen molar-refractivity contribution in [3.05, 3.63) is 22.7 Å². The Morgan fingerprint density at radius 3 is 3.04 bits per heavy atom. The first-order valence-electron chi connectivity index (χ1n) is 7.32. The maximum absolute atomic E-state index is 11.8. The number of carbonyl (C=O) groups is 1. The fourth-order valence-corrected chi connectivity index (χ4v) is 3.46. The quantitative estimate of drug-likeness (QED) is 0.692. The topological polar surface area (TPSA) is 72.7 Å². The zero-order valence-corrected chi connectivity index (χ0v) is 14.8. The number of benzene rings is 1. The summed E-state index contributed by atoms with van der Waals surface area (Å²) in [5.74, 6) is 0.348. The highest BCUT2D eigenvalue weighted by molar-refractivity contribution is 9.10. The lowest BCUT2D eigenvalue weighted by molar-refractivity contribution is -0.118. The molecule has 1 amide bonds. The number of hydrogen-bond donors (Lipinski definition) is 1. The van der Waals surface area contributed by atoms with Gasteiger partial charge in [-0.3, -0.25) is 4.79 Å². The fraction of sp³-hybridized carbons (Fsp3) is 0.333. The third kappa shape index (κ3) is 2.92. The molecule has 118 valence electrons. The number of carbonyl (C=O) groups excluding carboxylic acids is 1. The normalized spacial score (nSPS) is 14.5. The Morgan fingerprint density at radius 2 is 2.26 bits per heavy atom. The molecule has 0 bridgehead atoms. The Labute approximate surface area is 145 Å². The molecule has 2 aromatic heterocycles. The summed E-state index contributed by atoms with van der Waals surface area (Å²) < 4.78 is 3.00. The number of nitrogens with zero attached hydrogens (tertiary/aromatic N) is 4. The van der Waals surface area contributed by atoms with E-state index in [1.165, 1.54) is 11.8 Å². The van der Waals surface area contributed by atoms with E-state index >= 15 is 0 Å². The lowest BCUT2D eigenvalue weighted by atomic mass is 10.2. The number of nitrogens with one attached hydrogen (secondary N) is 1. The zero-order chi connectivity index (χ0) is 16.0. The molecule has 1 N–H and O–H groups in total. The Balaban J connectivity index is 1.63. The smallest absolute Gasteiger partial charge is 0.230 e. The highest BCUT2D eigenvalue weighted by Crippen LogP contribution is 2.28. The van der Waals surface area contributed by atoms with Gasteiger partial charge in [-0.2, -0.15) is 0 Å². The van der Waals surface area contributed by atoms with Crippen molar-refractivity contribution in [2.24, 2.45) is 7.05 Å². The summed E-state index contributed by atoms with van der Waals surface area (Å²) in [5.41, 5.74) is 2.60. The van der Waals surface area contributed by atoms with Crippen LogP contribution in [-0.2, 0) is 11.8 Å². The van der Waals surface area contributed by atoms with E-state index in [2.05, 4.69) is 36.4 Å². The standard InChI is InChI=1S/C15H14BrN5OS/c1-21-11-5-2-8(16)6-10(11)13-14(21)18-15(20-19-13)23-7-12(22)17-9-3-4-9/h2,5-6,9H,3-4,7H2,1H3,(H,17,22). The Kier molecular flexibility index (Phi) is 3.73. The minimum Gasteiger partial charge on any atom is -0.353 e. The fourth-order valence-electron chi connectivity index (χ4n) is 2.50. The average molecular weight is 392 g/mol. The number of halogens is 1. The van der Waals surface area contributed by atoms with Crippen LogP contribution in [0.3, 0.4) is 0 Å². The van der Waals surface area contributed by atoms with Gasteiger partial charge in [-0.05, 0) is 31.0 Å². The molecule has 1 aromatic carbocycles. The molecular weight excluding hydrogens is 378 g/mol. The summed E-state index contributed by atoms with van der Waals surface area (Å²) in [6, 6.07) is 6.41. The van der Waals surface area contributed by atoms with Crippen molar-refractivity contribution in [2.75, 3.05) is 5.75 Å². The molecule has 0 aliphatic heterocycles. The summed E-state index contributed by atoms with van der Waals surface area (Å²) >= 11 is 4.80. The first-order chi connectivity index (χ1) is 11.1. The maximum Gasteiger partial charge on any atom is 0.230 e. The van der Waals surface area contributed by atoms with Gasteiger partial charge in [-0.15, -0.1) is 10.2 Å². The van der Waals surface area contributed by atoms with Gasteiger partial charge in [0.25, 0.3) is 0 Å². The van der Waals surface area contributed by atoms with Gasteiger partial charge >= 0.3 is 0 Å². The Hall–Kier alpha value is -1.67. The van der Waals surface area contributed by atoms with Crippen molar-refractivity contribution < 1.29 is 4.79 Å². The maximum atomic E-state index is 11.8. The number of hydrogen-bond acceptors (Lipinski definition) is 5. The summed E-state index contributed by atoms with van der Waals surface area (Å²) in [6.07, 6.45) is 2.18. The van der Waals surface area contributed by atoms with Crippen LogP contribution in [0.4, 0.5) is 0 Å². The number of rotatable bonds is 4. The first-order valence-corrected chi connectivity index (χ1v) is 9.10. The minimum atomic E-state index is 0.0298. The molecule has 2 heterocycles. The molecule has 0 radical (unpaired) electrons. The van der Waals surface area contributed by atoms with Crippen molar-refractivity contribution in [3.63, 3.8) is 0 Å². The van der Waals surface area contributed by atoms with Crippen LogP contribution in [0, 0.1) is 0 Å². The van der Waals surface area contributed by atoms with Gasteiger partial charge in [0.2, 0.25) is 11.1 Å². The zero-order valence-electron chi connectivity index (χ0n) is 12.4. The van der Waals surface area contributed by atoms with E-state index in [0.29, 0.717) is 17.0 Å². The SMILES string of the molecule is Cn1c2ccc(Br)cc2c2nnc(SCC(=O)NC3CC3)nc21. The van der Waals surface area contributed by atoms with Gasteiger partial charge in [0, 0.05) is 22.9 Å². The molecule has 8 heteroatoms. The predicted molar refractivity (Wildman–Crippen MR) is 93.4 cm³/mol. The molecule has 6 nitrogen and oxygen atoms in total. The molecule has 0 spiro atoms. The van der Waals surface area contributed by atoms with Crippen LogP contribution < -0.4 is 5.32 Å². The van der Waals surface area contributed by atoms with Gasteiger partial charge in [0.05, 0.1) is 11.3 Å². The number of aryl methyl sites for hydroxylation is 1. The predicted octanol–water partition coefficient (Wildman–Crippen LogP) is 2.65. The first kappa shape index (κ1) is 14.9. The van der Waals surface area contributed by atoms with Crippen molar-refractivity contribution in [1.82, 2.24) is 25.1 Å². The van der Waals surface area contributed by atoms with E-state index < -0.39 is 0 Å². The monoisotopic (exact) mass is 391 g/mol. The molecule has 23 heavy (non-hydrogen) atoms. The molecule has 1 saturated carbocycles. The average Bonchev–Trinajstić information content (AvgIpc) is 3.31. The molecule has 1 aliphatic carbocycles. The summed E-state index contributed by atoms with van der Waals surface area (Å²) in [7, 11) is 1.96. The number of thioether (sulfide) groups is 1. The van der Waals surface area contributed by atoms with Gasteiger partial charge in [0.1, 0.15) is 5.52 Å². The molecule has 1 fully saturated rings. The van der Waals surface area contributed by atoms with E-state index in [4.69, 9.17) is 0 Å². The minimum absolute atomic E-state index is 0.0298. The van der Waals surface area contributed by atoms with Crippen molar-refractivity contribution in [1.29, 1.82) is 0 Å². The molecule has 0 saturated heterocycles. The summed E-state index contributed by atoms with van der Waals surface area (Å²) in [5, 5.41) is 13.0. The van der Waals surface area contributed by atoms with Gasteiger partial charge in [-0.25, -0.2) is 4.98 Å². The van der Waals surface area contributed by atoms with E-state index in [1.54, 1.807) is 0 Å². The van der Waals surface area contributed by atoms with Crippen LogP contribution in [0.1, 0.15) is 12.8 Å². The second kappa shape index (κ2) is 5.76. The largest absolute Gasteiger partial charge is 0.353 e. The summed E-state index contributed by atoms with van der Waals surface area (Å²) in [6.45, 7) is 0. The van der Waals surface area contributed by atoms with Crippen molar-refractivity contribution in [2.45, 2.75) is 24.0 Å². The van der Waals surface area contributed by atoms with Crippen LogP contribution in [-0.4, -0.2) is 37.5 Å². The highest BCUT2D eigenvalue weighted by atomic mass is 79.9. The van der Waals surface area contributed by atoms with E-state index in [-0.39, 0.29) is 5.91 Å². The third-order valence-corrected chi connectivity index (χ3v) is 5.15. The van der Waals surface area contributed by atoms with Gasteiger partial charge < -0.3 is 9.88 Å².